The maximum absolute atomic E-state index is 12.5. The highest BCUT2D eigenvalue weighted by Crippen LogP contribution is 2.24. The SMILES string of the molecule is CCn1nc(C)c(Cl)c1CC(=O)c1cc(C)ccc1Br. The molecule has 2 aromatic rings. The quantitative estimate of drug-likeness (QED) is 0.764. The normalized spacial score (nSPS) is 10.8. The van der Waals surface area contributed by atoms with E-state index in [9.17, 15) is 4.79 Å². The fourth-order valence-corrected chi connectivity index (χ4v) is 2.81. The van der Waals surface area contributed by atoms with E-state index in [1.54, 1.807) is 4.68 Å². The summed E-state index contributed by atoms with van der Waals surface area (Å²) >= 11 is 9.68. The summed E-state index contributed by atoms with van der Waals surface area (Å²) in [6.07, 6.45) is 0.259. The molecule has 0 aliphatic rings. The third kappa shape index (κ3) is 2.96. The molecule has 0 saturated carbocycles. The van der Waals surface area contributed by atoms with Crippen molar-refractivity contribution in [2.75, 3.05) is 0 Å². The van der Waals surface area contributed by atoms with Crippen LogP contribution in [-0.4, -0.2) is 15.6 Å². The van der Waals surface area contributed by atoms with Crippen LogP contribution in [0.25, 0.3) is 0 Å². The summed E-state index contributed by atoms with van der Waals surface area (Å²) < 4.78 is 2.60. The molecule has 0 fully saturated rings. The molecule has 0 N–H and O–H groups in total. The summed E-state index contributed by atoms with van der Waals surface area (Å²) in [6, 6.07) is 5.75. The third-order valence-electron chi connectivity index (χ3n) is 3.20. The lowest BCUT2D eigenvalue weighted by atomic mass is 10.0. The minimum Gasteiger partial charge on any atom is -0.294 e. The van der Waals surface area contributed by atoms with Crippen molar-refractivity contribution >= 4 is 33.3 Å². The molecule has 0 atom stereocenters. The highest BCUT2D eigenvalue weighted by Gasteiger charge is 2.18. The van der Waals surface area contributed by atoms with Gasteiger partial charge in [0, 0.05) is 16.6 Å². The average Bonchev–Trinajstić information content (AvgIpc) is 2.69. The van der Waals surface area contributed by atoms with Crippen LogP contribution in [-0.2, 0) is 13.0 Å². The summed E-state index contributed by atoms with van der Waals surface area (Å²) in [5.41, 5.74) is 3.29. The van der Waals surface area contributed by atoms with Crippen LogP contribution in [0.2, 0.25) is 5.02 Å². The van der Waals surface area contributed by atoms with Crippen molar-refractivity contribution in [2.24, 2.45) is 0 Å². The highest BCUT2D eigenvalue weighted by molar-refractivity contribution is 9.10. The molecule has 0 unspecified atom stereocenters. The number of aryl methyl sites for hydroxylation is 3. The van der Waals surface area contributed by atoms with Crippen LogP contribution in [0.4, 0.5) is 0 Å². The molecule has 1 aromatic heterocycles. The van der Waals surface area contributed by atoms with E-state index in [1.807, 2.05) is 39.0 Å². The Hall–Kier alpha value is -1.13. The fourth-order valence-electron chi connectivity index (χ4n) is 2.14. The second-order valence-corrected chi connectivity index (χ2v) is 5.98. The Morgan fingerprint density at radius 1 is 1.40 bits per heavy atom. The van der Waals surface area contributed by atoms with E-state index in [-0.39, 0.29) is 12.2 Å². The Morgan fingerprint density at radius 3 is 2.75 bits per heavy atom. The van der Waals surface area contributed by atoms with E-state index >= 15 is 0 Å². The topological polar surface area (TPSA) is 34.9 Å². The molecule has 1 aromatic carbocycles. The van der Waals surface area contributed by atoms with Gasteiger partial charge in [0.15, 0.2) is 5.78 Å². The van der Waals surface area contributed by atoms with Gasteiger partial charge in [0.1, 0.15) is 0 Å². The van der Waals surface area contributed by atoms with Gasteiger partial charge in [-0.25, -0.2) is 0 Å². The van der Waals surface area contributed by atoms with Crippen LogP contribution in [0, 0.1) is 13.8 Å². The molecule has 5 heteroatoms. The van der Waals surface area contributed by atoms with E-state index in [0.29, 0.717) is 17.1 Å². The first-order valence-corrected chi connectivity index (χ1v) is 7.62. The van der Waals surface area contributed by atoms with Crippen LogP contribution in [0.1, 0.15) is 34.2 Å². The lowest BCUT2D eigenvalue weighted by Crippen LogP contribution is -2.10. The van der Waals surface area contributed by atoms with Crippen molar-refractivity contribution in [3.05, 3.63) is 50.2 Å². The van der Waals surface area contributed by atoms with Crippen LogP contribution in [0.3, 0.4) is 0 Å². The molecule has 0 bridgehead atoms. The van der Waals surface area contributed by atoms with Crippen LogP contribution >= 0.6 is 27.5 Å². The van der Waals surface area contributed by atoms with E-state index in [4.69, 9.17) is 11.6 Å². The summed E-state index contributed by atoms with van der Waals surface area (Å²) in [7, 11) is 0. The molecule has 3 nitrogen and oxygen atoms in total. The molecule has 0 amide bonds. The molecule has 20 heavy (non-hydrogen) atoms. The number of hydrogen-bond acceptors (Lipinski definition) is 2. The second kappa shape index (κ2) is 6.10. The van der Waals surface area contributed by atoms with E-state index in [2.05, 4.69) is 21.0 Å². The lowest BCUT2D eigenvalue weighted by Gasteiger charge is -2.07. The number of carbonyl (C=O) groups is 1. The van der Waals surface area contributed by atoms with Crippen molar-refractivity contribution in [3.63, 3.8) is 0 Å². The molecule has 0 radical (unpaired) electrons. The van der Waals surface area contributed by atoms with E-state index in [1.165, 1.54) is 0 Å². The maximum Gasteiger partial charge on any atom is 0.169 e. The summed E-state index contributed by atoms with van der Waals surface area (Å²) in [5.74, 6) is 0.0390. The Balaban J connectivity index is 2.35. The van der Waals surface area contributed by atoms with Crippen LogP contribution < -0.4 is 0 Å². The lowest BCUT2D eigenvalue weighted by molar-refractivity contribution is 0.0989. The third-order valence-corrected chi connectivity index (χ3v) is 4.39. The van der Waals surface area contributed by atoms with Gasteiger partial charge < -0.3 is 0 Å². The number of hydrogen-bond donors (Lipinski definition) is 0. The first-order valence-electron chi connectivity index (χ1n) is 6.45. The largest absolute Gasteiger partial charge is 0.294 e. The van der Waals surface area contributed by atoms with Gasteiger partial charge in [-0.3, -0.25) is 9.48 Å². The zero-order valence-electron chi connectivity index (χ0n) is 11.7. The van der Waals surface area contributed by atoms with E-state index in [0.717, 1.165) is 21.4 Å². The minimum atomic E-state index is 0.0390. The molecule has 0 spiro atoms. The minimum absolute atomic E-state index is 0.0390. The Kier molecular flexibility index (Phi) is 4.66. The predicted molar refractivity (Wildman–Crippen MR) is 84.6 cm³/mol. The number of Topliss-reactive ketones (excluding diaryl/α,β-unsaturated/α-hetero) is 1. The van der Waals surface area contributed by atoms with Gasteiger partial charge in [0.05, 0.1) is 22.8 Å². The predicted octanol–water partition coefficient (Wildman–Crippen LogP) is 4.36. The molecule has 106 valence electrons. The maximum atomic E-state index is 12.5. The zero-order valence-corrected chi connectivity index (χ0v) is 14.0. The van der Waals surface area contributed by atoms with Crippen molar-refractivity contribution in [1.82, 2.24) is 9.78 Å². The standard InChI is InChI=1S/C15H16BrClN2O/c1-4-19-13(15(17)10(3)18-19)8-14(20)11-7-9(2)5-6-12(11)16/h5-7H,4,8H2,1-3H3. The van der Waals surface area contributed by atoms with Gasteiger partial charge in [-0.1, -0.05) is 39.2 Å². The monoisotopic (exact) mass is 354 g/mol. The van der Waals surface area contributed by atoms with Crippen LogP contribution in [0.15, 0.2) is 22.7 Å². The molecular weight excluding hydrogens is 340 g/mol. The van der Waals surface area contributed by atoms with Crippen LogP contribution in [0.5, 0.6) is 0 Å². The number of rotatable bonds is 4. The Labute approximate surface area is 132 Å². The first kappa shape index (κ1) is 15.3. The molecule has 1 heterocycles. The number of benzene rings is 1. The van der Waals surface area contributed by atoms with Gasteiger partial charge in [-0.15, -0.1) is 0 Å². The molecular formula is C15H16BrClN2O. The molecule has 0 saturated heterocycles. The van der Waals surface area contributed by atoms with Crippen molar-refractivity contribution in [2.45, 2.75) is 33.7 Å². The van der Waals surface area contributed by atoms with Gasteiger partial charge in [0.25, 0.3) is 0 Å². The number of nitrogens with zero attached hydrogens (tertiary/aromatic N) is 2. The van der Waals surface area contributed by atoms with Gasteiger partial charge in [0.2, 0.25) is 0 Å². The van der Waals surface area contributed by atoms with Gasteiger partial charge in [-0.05, 0) is 32.9 Å². The van der Waals surface area contributed by atoms with Crippen molar-refractivity contribution in [1.29, 1.82) is 0 Å². The van der Waals surface area contributed by atoms with Gasteiger partial charge in [-0.2, -0.15) is 5.10 Å². The smallest absolute Gasteiger partial charge is 0.169 e. The second-order valence-electron chi connectivity index (χ2n) is 4.75. The molecule has 0 aliphatic carbocycles. The Bertz CT molecular complexity index is 664. The summed E-state index contributed by atoms with van der Waals surface area (Å²) in [6.45, 7) is 6.51. The van der Waals surface area contributed by atoms with Crippen molar-refractivity contribution < 1.29 is 4.79 Å². The highest BCUT2D eigenvalue weighted by atomic mass is 79.9. The van der Waals surface area contributed by atoms with E-state index < -0.39 is 0 Å². The average molecular weight is 356 g/mol. The molecule has 0 aliphatic heterocycles. The zero-order chi connectivity index (χ0) is 14.9. The summed E-state index contributed by atoms with van der Waals surface area (Å²) in [4.78, 5) is 12.5. The number of aromatic nitrogens is 2. The fraction of sp³-hybridized carbons (Fsp3) is 0.333. The van der Waals surface area contributed by atoms with Gasteiger partial charge >= 0.3 is 0 Å². The number of halogens is 2. The first-order chi connectivity index (χ1) is 9.43. The Morgan fingerprint density at radius 2 is 2.10 bits per heavy atom. The summed E-state index contributed by atoms with van der Waals surface area (Å²) in [5, 5.41) is 4.92. The molecule has 2 rings (SSSR count). The number of carbonyl (C=O) groups excluding carboxylic acids is 1. The number of ketones is 1. The van der Waals surface area contributed by atoms with Crippen molar-refractivity contribution in [3.8, 4) is 0 Å².